The van der Waals surface area contributed by atoms with Crippen LogP contribution in [0, 0.1) is 0 Å². The normalized spacial score (nSPS) is 11.2. The van der Waals surface area contributed by atoms with Crippen molar-refractivity contribution in [1.82, 2.24) is 10.2 Å². The number of rotatable bonds is 8. The predicted octanol–water partition coefficient (Wildman–Crippen LogP) is 1.70. The molecule has 19 heavy (non-hydrogen) atoms. The minimum absolute atomic E-state index is 0.293. The summed E-state index contributed by atoms with van der Waals surface area (Å²) in [7, 11) is 1.66. The molecule has 0 saturated carbocycles. The molecule has 0 aromatic heterocycles. The van der Waals surface area contributed by atoms with Crippen LogP contribution in [-0.2, 0) is 9.53 Å². The SMILES string of the molecule is COCCCCCNC(=O)N(CC(=O)O)C(C)(C)C. The molecule has 0 aromatic carbocycles. The average Bonchev–Trinajstić information content (AvgIpc) is 2.28. The lowest BCUT2D eigenvalue weighted by molar-refractivity contribution is -0.138. The first-order chi connectivity index (χ1) is 8.79. The Morgan fingerprint density at radius 2 is 1.84 bits per heavy atom. The number of ether oxygens (including phenoxy) is 1. The van der Waals surface area contributed by atoms with Crippen LogP contribution in [0.3, 0.4) is 0 Å². The van der Waals surface area contributed by atoms with Crippen molar-refractivity contribution in [3.8, 4) is 0 Å². The zero-order valence-corrected chi connectivity index (χ0v) is 12.4. The van der Waals surface area contributed by atoms with Crippen LogP contribution in [0.4, 0.5) is 4.79 Å². The first-order valence-corrected chi connectivity index (χ1v) is 6.55. The van der Waals surface area contributed by atoms with Gasteiger partial charge in [0, 0.05) is 25.8 Å². The van der Waals surface area contributed by atoms with Gasteiger partial charge in [0.15, 0.2) is 0 Å². The monoisotopic (exact) mass is 274 g/mol. The molecule has 0 heterocycles. The highest BCUT2D eigenvalue weighted by atomic mass is 16.5. The summed E-state index contributed by atoms with van der Waals surface area (Å²) in [4.78, 5) is 24.0. The highest BCUT2D eigenvalue weighted by molar-refractivity contribution is 5.80. The molecular formula is C13H26N2O4. The van der Waals surface area contributed by atoms with E-state index in [2.05, 4.69) is 5.32 Å². The van der Waals surface area contributed by atoms with Crippen molar-refractivity contribution in [3.63, 3.8) is 0 Å². The van der Waals surface area contributed by atoms with Crippen LogP contribution in [0.5, 0.6) is 0 Å². The van der Waals surface area contributed by atoms with Gasteiger partial charge >= 0.3 is 12.0 Å². The predicted molar refractivity (Wildman–Crippen MR) is 73.2 cm³/mol. The molecular weight excluding hydrogens is 248 g/mol. The van der Waals surface area contributed by atoms with Gasteiger partial charge in [0.2, 0.25) is 0 Å². The molecule has 0 aliphatic heterocycles. The molecule has 0 radical (unpaired) electrons. The zero-order valence-electron chi connectivity index (χ0n) is 12.4. The number of urea groups is 1. The molecule has 6 nitrogen and oxygen atoms in total. The van der Waals surface area contributed by atoms with Gasteiger partial charge in [-0.15, -0.1) is 0 Å². The summed E-state index contributed by atoms with van der Waals surface area (Å²) in [5.41, 5.74) is -0.515. The first kappa shape index (κ1) is 17.7. The van der Waals surface area contributed by atoms with E-state index < -0.39 is 11.5 Å². The topological polar surface area (TPSA) is 78.9 Å². The molecule has 0 saturated heterocycles. The molecule has 0 unspecified atom stereocenters. The highest BCUT2D eigenvalue weighted by Gasteiger charge is 2.27. The van der Waals surface area contributed by atoms with Crippen molar-refractivity contribution in [3.05, 3.63) is 0 Å². The minimum Gasteiger partial charge on any atom is -0.480 e. The van der Waals surface area contributed by atoms with E-state index in [9.17, 15) is 9.59 Å². The van der Waals surface area contributed by atoms with E-state index in [1.807, 2.05) is 20.8 Å². The molecule has 0 fully saturated rings. The molecule has 0 spiro atoms. The molecule has 2 N–H and O–H groups in total. The van der Waals surface area contributed by atoms with Crippen LogP contribution in [0.1, 0.15) is 40.0 Å². The van der Waals surface area contributed by atoms with Gasteiger partial charge in [-0.3, -0.25) is 4.79 Å². The second-order valence-corrected chi connectivity index (χ2v) is 5.44. The fourth-order valence-corrected chi connectivity index (χ4v) is 1.59. The van der Waals surface area contributed by atoms with Gasteiger partial charge in [-0.25, -0.2) is 4.79 Å². The Morgan fingerprint density at radius 3 is 2.32 bits per heavy atom. The summed E-state index contributed by atoms with van der Waals surface area (Å²) < 4.78 is 4.94. The number of unbranched alkanes of at least 4 members (excludes halogenated alkanes) is 2. The Morgan fingerprint density at radius 1 is 1.21 bits per heavy atom. The lowest BCUT2D eigenvalue weighted by atomic mass is 10.1. The average molecular weight is 274 g/mol. The van der Waals surface area contributed by atoms with Gasteiger partial charge < -0.3 is 20.1 Å². The van der Waals surface area contributed by atoms with Gasteiger partial charge in [0.25, 0.3) is 0 Å². The Kier molecular flexibility index (Phi) is 8.14. The third-order valence-corrected chi connectivity index (χ3v) is 2.65. The molecule has 112 valence electrons. The van der Waals surface area contributed by atoms with Gasteiger partial charge in [0.1, 0.15) is 6.54 Å². The minimum atomic E-state index is -1.01. The number of amides is 2. The van der Waals surface area contributed by atoms with Gasteiger partial charge in [0.05, 0.1) is 0 Å². The summed E-state index contributed by atoms with van der Waals surface area (Å²) in [6, 6.07) is -0.332. The maximum absolute atomic E-state index is 11.9. The summed E-state index contributed by atoms with van der Waals surface area (Å²) in [5.74, 6) is -1.01. The molecule has 0 rings (SSSR count). The van der Waals surface area contributed by atoms with Crippen molar-refractivity contribution in [2.24, 2.45) is 0 Å². The van der Waals surface area contributed by atoms with Crippen LogP contribution in [0.15, 0.2) is 0 Å². The van der Waals surface area contributed by atoms with Crippen molar-refractivity contribution in [1.29, 1.82) is 0 Å². The second-order valence-electron chi connectivity index (χ2n) is 5.44. The van der Waals surface area contributed by atoms with Gasteiger partial charge in [-0.05, 0) is 40.0 Å². The highest BCUT2D eigenvalue weighted by Crippen LogP contribution is 2.12. The molecule has 0 aliphatic rings. The molecule has 6 heteroatoms. The van der Waals surface area contributed by atoms with E-state index in [1.165, 1.54) is 4.90 Å². The second kappa shape index (κ2) is 8.74. The number of carbonyl (C=O) groups is 2. The number of hydrogen-bond acceptors (Lipinski definition) is 3. The maximum Gasteiger partial charge on any atom is 0.323 e. The molecule has 0 aliphatic carbocycles. The molecule has 0 atom stereocenters. The van der Waals surface area contributed by atoms with Crippen LogP contribution >= 0.6 is 0 Å². The molecule has 2 amide bonds. The third-order valence-electron chi connectivity index (χ3n) is 2.65. The first-order valence-electron chi connectivity index (χ1n) is 6.55. The van der Waals surface area contributed by atoms with Crippen molar-refractivity contribution < 1.29 is 19.4 Å². The van der Waals surface area contributed by atoms with Gasteiger partial charge in [-0.1, -0.05) is 0 Å². The molecule has 0 bridgehead atoms. The summed E-state index contributed by atoms with van der Waals surface area (Å²) in [6.45, 7) is 6.42. The van der Waals surface area contributed by atoms with E-state index >= 15 is 0 Å². The van der Waals surface area contributed by atoms with Crippen LogP contribution in [0.25, 0.3) is 0 Å². The Labute approximate surface area is 115 Å². The summed E-state index contributed by atoms with van der Waals surface area (Å²) in [6.07, 6.45) is 2.80. The Bertz CT molecular complexity index is 287. The van der Waals surface area contributed by atoms with Crippen molar-refractivity contribution in [2.45, 2.75) is 45.6 Å². The number of nitrogens with zero attached hydrogens (tertiary/aromatic N) is 1. The summed E-state index contributed by atoms with van der Waals surface area (Å²) in [5, 5.41) is 11.6. The number of hydrogen-bond donors (Lipinski definition) is 2. The number of carboxylic acid groups (broad SMARTS) is 1. The van der Waals surface area contributed by atoms with Crippen molar-refractivity contribution in [2.75, 3.05) is 26.8 Å². The van der Waals surface area contributed by atoms with Crippen LogP contribution in [0.2, 0.25) is 0 Å². The number of carbonyl (C=O) groups excluding carboxylic acids is 1. The zero-order chi connectivity index (χ0) is 14.9. The quantitative estimate of drug-likeness (QED) is 0.660. The smallest absolute Gasteiger partial charge is 0.323 e. The van der Waals surface area contributed by atoms with E-state index in [4.69, 9.17) is 9.84 Å². The van der Waals surface area contributed by atoms with E-state index in [1.54, 1.807) is 7.11 Å². The number of nitrogens with one attached hydrogen (secondary N) is 1. The van der Waals surface area contributed by atoms with Crippen molar-refractivity contribution >= 4 is 12.0 Å². The van der Waals surface area contributed by atoms with Gasteiger partial charge in [-0.2, -0.15) is 0 Å². The molecule has 0 aromatic rings. The lowest BCUT2D eigenvalue weighted by Gasteiger charge is -2.34. The van der Waals surface area contributed by atoms with E-state index in [0.717, 1.165) is 25.9 Å². The largest absolute Gasteiger partial charge is 0.480 e. The van der Waals surface area contributed by atoms with Crippen LogP contribution < -0.4 is 5.32 Å². The Balaban J connectivity index is 4.09. The fourth-order valence-electron chi connectivity index (χ4n) is 1.59. The number of carboxylic acids is 1. The van der Waals surface area contributed by atoms with Crippen LogP contribution in [-0.4, -0.2) is 54.4 Å². The number of methoxy groups -OCH3 is 1. The standard InChI is InChI=1S/C13H26N2O4/c1-13(2,3)15(10-11(16)17)12(18)14-8-6-5-7-9-19-4/h5-10H2,1-4H3,(H,14,18)(H,16,17). The number of aliphatic carboxylic acids is 1. The van der Waals surface area contributed by atoms with E-state index in [-0.39, 0.29) is 12.6 Å². The lowest BCUT2D eigenvalue weighted by Crippen LogP contribution is -2.52. The third kappa shape index (κ3) is 8.42. The summed E-state index contributed by atoms with van der Waals surface area (Å²) >= 11 is 0. The maximum atomic E-state index is 11.9. The Hall–Kier alpha value is -1.30. The fraction of sp³-hybridized carbons (Fsp3) is 0.846. The van der Waals surface area contributed by atoms with E-state index in [0.29, 0.717) is 6.54 Å².